The van der Waals surface area contributed by atoms with Crippen molar-refractivity contribution in [3.05, 3.63) is 59.7 Å². The molecular weight excluding hydrogens is 222 g/mol. The third-order valence-corrected chi connectivity index (χ3v) is 3.55. The normalized spacial score (nSPS) is 17.3. The van der Waals surface area contributed by atoms with Crippen LogP contribution in [0.5, 0.6) is 5.75 Å². The van der Waals surface area contributed by atoms with E-state index in [0.29, 0.717) is 6.04 Å². The van der Waals surface area contributed by atoms with Crippen LogP contribution in [0.25, 0.3) is 0 Å². The number of rotatable bonds is 3. The van der Waals surface area contributed by atoms with E-state index in [1.165, 1.54) is 16.8 Å². The minimum absolute atomic E-state index is 0.400. The number of hydrogen-bond acceptors (Lipinski definition) is 2. The molecule has 92 valence electrons. The molecule has 0 saturated heterocycles. The second kappa shape index (κ2) is 4.73. The number of aryl methyl sites for hydroxylation is 1. The fourth-order valence-corrected chi connectivity index (χ4v) is 2.59. The van der Waals surface area contributed by atoms with Crippen LogP contribution >= 0.6 is 0 Å². The van der Waals surface area contributed by atoms with Gasteiger partial charge in [-0.15, -0.1) is 0 Å². The summed E-state index contributed by atoms with van der Waals surface area (Å²) in [6.07, 6.45) is 2.29. The minimum Gasteiger partial charge on any atom is -0.497 e. The highest BCUT2D eigenvalue weighted by atomic mass is 16.5. The van der Waals surface area contributed by atoms with Crippen LogP contribution in [-0.4, -0.2) is 7.11 Å². The molecule has 0 saturated carbocycles. The summed E-state index contributed by atoms with van der Waals surface area (Å²) in [6.45, 7) is 0. The molecule has 3 rings (SSSR count). The predicted octanol–water partition coefficient (Wildman–Crippen LogP) is 3.79. The molecule has 2 aromatic rings. The number of fused-ring (bicyclic) bond motifs is 1. The third kappa shape index (κ3) is 2.06. The molecule has 1 aliphatic carbocycles. The van der Waals surface area contributed by atoms with Gasteiger partial charge in [0.25, 0.3) is 0 Å². The Morgan fingerprint density at radius 1 is 1.11 bits per heavy atom. The van der Waals surface area contributed by atoms with Crippen LogP contribution in [0, 0.1) is 0 Å². The zero-order valence-corrected chi connectivity index (χ0v) is 10.5. The lowest BCUT2D eigenvalue weighted by molar-refractivity contribution is 0.414. The predicted molar refractivity (Wildman–Crippen MR) is 74.1 cm³/mol. The third-order valence-electron chi connectivity index (χ3n) is 3.55. The summed E-state index contributed by atoms with van der Waals surface area (Å²) in [5.41, 5.74) is 3.99. The van der Waals surface area contributed by atoms with Gasteiger partial charge in [0.15, 0.2) is 0 Å². The van der Waals surface area contributed by atoms with E-state index in [1.54, 1.807) is 7.11 Å². The number of para-hydroxylation sites is 1. The average molecular weight is 239 g/mol. The first-order valence-electron chi connectivity index (χ1n) is 6.35. The molecule has 0 fully saturated rings. The lowest BCUT2D eigenvalue weighted by atomic mass is 10.1. The lowest BCUT2D eigenvalue weighted by Gasteiger charge is -2.16. The fraction of sp³-hybridized carbons (Fsp3) is 0.250. The number of methoxy groups -OCH3 is 1. The van der Waals surface area contributed by atoms with Crippen molar-refractivity contribution in [1.82, 2.24) is 0 Å². The van der Waals surface area contributed by atoms with E-state index >= 15 is 0 Å². The second-order valence-corrected chi connectivity index (χ2v) is 4.67. The zero-order valence-electron chi connectivity index (χ0n) is 10.5. The molecule has 1 unspecified atom stereocenters. The van der Waals surface area contributed by atoms with Crippen molar-refractivity contribution in [2.24, 2.45) is 0 Å². The van der Waals surface area contributed by atoms with Crippen molar-refractivity contribution in [2.45, 2.75) is 18.9 Å². The summed E-state index contributed by atoms with van der Waals surface area (Å²) in [5, 5.41) is 3.59. The topological polar surface area (TPSA) is 21.3 Å². The Morgan fingerprint density at radius 2 is 1.94 bits per heavy atom. The molecule has 2 nitrogen and oxygen atoms in total. The molecule has 1 atom stereocenters. The van der Waals surface area contributed by atoms with Gasteiger partial charge in [-0.1, -0.05) is 24.3 Å². The van der Waals surface area contributed by atoms with Gasteiger partial charge in [-0.2, -0.15) is 0 Å². The van der Waals surface area contributed by atoms with Crippen LogP contribution in [0.15, 0.2) is 48.5 Å². The van der Waals surface area contributed by atoms with Crippen molar-refractivity contribution < 1.29 is 4.74 Å². The smallest absolute Gasteiger partial charge is 0.119 e. The number of ether oxygens (including phenoxy) is 1. The highest BCUT2D eigenvalue weighted by Gasteiger charge is 2.22. The summed E-state index contributed by atoms with van der Waals surface area (Å²) in [4.78, 5) is 0. The molecule has 0 radical (unpaired) electrons. The van der Waals surface area contributed by atoms with Gasteiger partial charge in [0, 0.05) is 5.69 Å². The first kappa shape index (κ1) is 11.1. The summed E-state index contributed by atoms with van der Waals surface area (Å²) in [6, 6.07) is 17.2. The highest BCUT2D eigenvalue weighted by molar-refractivity contribution is 5.49. The standard InChI is InChI=1S/C16H17NO/c1-18-14-9-7-12-8-10-16(15(12)11-14)17-13-5-3-2-4-6-13/h2-7,9,11,16-17H,8,10H2,1H3. The van der Waals surface area contributed by atoms with Gasteiger partial charge >= 0.3 is 0 Å². The van der Waals surface area contributed by atoms with E-state index in [1.807, 2.05) is 12.1 Å². The Hall–Kier alpha value is -1.96. The molecule has 0 amide bonds. The molecule has 18 heavy (non-hydrogen) atoms. The minimum atomic E-state index is 0.400. The van der Waals surface area contributed by atoms with Gasteiger partial charge in [-0.25, -0.2) is 0 Å². The van der Waals surface area contributed by atoms with E-state index in [4.69, 9.17) is 4.74 Å². The number of benzene rings is 2. The molecule has 0 aliphatic heterocycles. The number of anilines is 1. The van der Waals surface area contributed by atoms with E-state index in [0.717, 1.165) is 18.6 Å². The number of nitrogens with one attached hydrogen (secondary N) is 1. The van der Waals surface area contributed by atoms with Crippen molar-refractivity contribution in [3.8, 4) is 5.75 Å². The maximum absolute atomic E-state index is 5.31. The summed E-state index contributed by atoms with van der Waals surface area (Å²) >= 11 is 0. The van der Waals surface area contributed by atoms with Gasteiger partial charge in [0.1, 0.15) is 5.75 Å². The van der Waals surface area contributed by atoms with Crippen molar-refractivity contribution in [2.75, 3.05) is 12.4 Å². The van der Waals surface area contributed by atoms with E-state index in [-0.39, 0.29) is 0 Å². The van der Waals surface area contributed by atoms with Gasteiger partial charge < -0.3 is 10.1 Å². The second-order valence-electron chi connectivity index (χ2n) is 4.67. The molecule has 1 N–H and O–H groups in total. The first-order chi connectivity index (χ1) is 8.86. The van der Waals surface area contributed by atoms with Gasteiger partial charge in [0.05, 0.1) is 13.2 Å². The van der Waals surface area contributed by atoms with E-state index in [2.05, 4.69) is 41.7 Å². The lowest BCUT2D eigenvalue weighted by Crippen LogP contribution is -2.06. The fourth-order valence-electron chi connectivity index (χ4n) is 2.59. The van der Waals surface area contributed by atoms with Crippen molar-refractivity contribution >= 4 is 5.69 Å². The molecule has 1 aliphatic rings. The van der Waals surface area contributed by atoms with Gasteiger partial charge in [0.2, 0.25) is 0 Å². The first-order valence-corrected chi connectivity index (χ1v) is 6.35. The largest absolute Gasteiger partial charge is 0.497 e. The Bertz CT molecular complexity index is 536. The van der Waals surface area contributed by atoms with E-state index in [9.17, 15) is 0 Å². The molecular formula is C16H17NO. The van der Waals surface area contributed by atoms with E-state index < -0.39 is 0 Å². The average Bonchev–Trinajstić information content (AvgIpc) is 2.82. The molecule has 0 bridgehead atoms. The van der Waals surface area contributed by atoms with Crippen LogP contribution in [0.4, 0.5) is 5.69 Å². The van der Waals surface area contributed by atoms with Crippen molar-refractivity contribution in [3.63, 3.8) is 0 Å². The summed E-state index contributed by atoms with van der Waals surface area (Å²) < 4.78 is 5.31. The van der Waals surface area contributed by atoms with Gasteiger partial charge in [-0.3, -0.25) is 0 Å². The molecule has 0 heterocycles. The van der Waals surface area contributed by atoms with Crippen LogP contribution < -0.4 is 10.1 Å². The molecule has 2 aromatic carbocycles. The maximum Gasteiger partial charge on any atom is 0.119 e. The highest BCUT2D eigenvalue weighted by Crippen LogP contribution is 2.35. The summed E-state index contributed by atoms with van der Waals surface area (Å²) in [7, 11) is 1.72. The quantitative estimate of drug-likeness (QED) is 0.879. The molecule has 2 heteroatoms. The molecule has 0 spiro atoms. The Morgan fingerprint density at radius 3 is 2.72 bits per heavy atom. The number of hydrogen-bond donors (Lipinski definition) is 1. The SMILES string of the molecule is COc1ccc2c(c1)C(Nc1ccccc1)CC2. The van der Waals surface area contributed by atoms with Crippen LogP contribution in [-0.2, 0) is 6.42 Å². The van der Waals surface area contributed by atoms with Crippen LogP contribution in [0.3, 0.4) is 0 Å². The van der Waals surface area contributed by atoms with Gasteiger partial charge in [-0.05, 0) is 48.2 Å². The Kier molecular flexibility index (Phi) is 2.93. The zero-order chi connectivity index (χ0) is 12.4. The summed E-state index contributed by atoms with van der Waals surface area (Å²) in [5.74, 6) is 0.940. The maximum atomic E-state index is 5.31. The van der Waals surface area contributed by atoms with Crippen molar-refractivity contribution in [1.29, 1.82) is 0 Å². The van der Waals surface area contributed by atoms with Crippen LogP contribution in [0.1, 0.15) is 23.6 Å². The van der Waals surface area contributed by atoms with Crippen LogP contribution in [0.2, 0.25) is 0 Å². The Balaban J connectivity index is 1.85. The Labute approximate surface area is 108 Å². The monoisotopic (exact) mass is 239 g/mol. The molecule has 0 aromatic heterocycles.